The number of rotatable bonds is 5. The van der Waals surface area contributed by atoms with Crippen molar-refractivity contribution >= 4 is 5.91 Å². The third-order valence-electron chi connectivity index (χ3n) is 2.44. The number of carbonyl (C=O) groups excluding carboxylic acids is 1. The van der Waals surface area contributed by atoms with E-state index in [2.05, 4.69) is 0 Å². The standard InChI is InChI=1S/C12H20N2O2/c1-9(2)14(8-4-7-13)12(15)11-6-5-10(3)16-11/h5-6,9H,4,7-8,13H2,1-3H3. The second-order valence-corrected chi connectivity index (χ2v) is 4.14. The summed E-state index contributed by atoms with van der Waals surface area (Å²) in [4.78, 5) is 13.9. The zero-order chi connectivity index (χ0) is 12.1. The quantitative estimate of drug-likeness (QED) is 0.829. The fraction of sp³-hybridized carbons (Fsp3) is 0.583. The predicted octanol–water partition coefficient (Wildman–Crippen LogP) is 1.79. The minimum atomic E-state index is -0.0587. The Morgan fingerprint density at radius 3 is 2.62 bits per heavy atom. The van der Waals surface area contributed by atoms with Crippen molar-refractivity contribution < 1.29 is 9.21 Å². The van der Waals surface area contributed by atoms with Crippen LogP contribution in [0.3, 0.4) is 0 Å². The first-order valence-corrected chi connectivity index (χ1v) is 5.63. The second kappa shape index (κ2) is 5.70. The summed E-state index contributed by atoms with van der Waals surface area (Å²) < 4.78 is 5.33. The van der Waals surface area contributed by atoms with Crippen molar-refractivity contribution in [3.63, 3.8) is 0 Å². The van der Waals surface area contributed by atoms with Crippen molar-refractivity contribution in [2.24, 2.45) is 5.73 Å². The molecule has 0 aliphatic heterocycles. The van der Waals surface area contributed by atoms with Gasteiger partial charge in [-0.05, 0) is 45.9 Å². The molecule has 1 amide bonds. The molecule has 0 aromatic carbocycles. The maximum Gasteiger partial charge on any atom is 0.289 e. The number of nitrogens with two attached hydrogens (primary N) is 1. The summed E-state index contributed by atoms with van der Waals surface area (Å²) >= 11 is 0. The van der Waals surface area contributed by atoms with Gasteiger partial charge in [-0.15, -0.1) is 0 Å². The molecule has 2 N–H and O–H groups in total. The average molecular weight is 224 g/mol. The number of amides is 1. The Labute approximate surface area is 96.4 Å². The molecule has 0 spiro atoms. The zero-order valence-electron chi connectivity index (χ0n) is 10.2. The van der Waals surface area contributed by atoms with E-state index >= 15 is 0 Å². The maximum absolute atomic E-state index is 12.1. The van der Waals surface area contributed by atoms with Crippen LogP contribution in [0.25, 0.3) is 0 Å². The first-order valence-electron chi connectivity index (χ1n) is 5.63. The summed E-state index contributed by atoms with van der Waals surface area (Å²) in [5, 5.41) is 0. The summed E-state index contributed by atoms with van der Waals surface area (Å²) in [6, 6.07) is 3.67. The third kappa shape index (κ3) is 3.10. The van der Waals surface area contributed by atoms with E-state index in [4.69, 9.17) is 10.2 Å². The summed E-state index contributed by atoms with van der Waals surface area (Å²) in [6.45, 7) is 7.07. The second-order valence-electron chi connectivity index (χ2n) is 4.14. The lowest BCUT2D eigenvalue weighted by Gasteiger charge is -2.25. The first kappa shape index (κ1) is 12.8. The summed E-state index contributed by atoms with van der Waals surface area (Å²) in [6.07, 6.45) is 0.809. The fourth-order valence-corrected chi connectivity index (χ4v) is 1.55. The van der Waals surface area contributed by atoms with Gasteiger partial charge in [0.15, 0.2) is 5.76 Å². The van der Waals surface area contributed by atoms with Crippen molar-refractivity contribution in [2.75, 3.05) is 13.1 Å². The Kier molecular flexibility index (Phi) is 4.55. The van der Waals surface area contributed by atoms with E-state index in [1.807, 2.05) is 20.8 Å². The smallest absolute Gasteiger partial charge is 0.289 e. The summed E-state index contributed by atoms with van der Waals surface area (Å²) in [5.41, 5.74) is 5.46. The lowest BCUT2D eigenvalue weighted by atomic mass is 10.2. The van der Waals surface area contributed by atoms with E-state index in [0.29, 0.717) is 18.8 Å². The molecule has 0 aliphatic carbocycles. The van der Waals surface area contributed by atoms with Crippen molar-refractivity contribution in [1.82, 2.24) is 4.90 Å². The monoisotopic (exact) mass is 224 g/mol. The van der Waals surface area contributed by atoms with Gasteiger partial charge in [0.05, 0.1) is 0 Å². The van der Waals surface area contributed by atoms with Crippen LogP contribution < -0.4 is 5.73 Å². The highest BCUT2D eigenvalue weighted by Crippen LogP contribution is 2.12. The predicted molar refractivity (Wildman–Crippen MR) is 63.3 cm³/mol. The van der Waals surface area contributed by atoms with Crippen LogP contribution in [-0.2, 0) is 0 Å². The van der Waals surface area contributed by atoms with Crippen LogP contribution in [0.2, 0.25) is 0 Å². The molecule has 1 aromatic heterocycles. The number of hydrogen-bond acceptors (Lipinski definition) is 3. The van der Waals surface area contributed by atoms with Crippen LogP contribution in [0.1, 0.15) is 36.6 Å². The van der Waals surface area contributed by atoms with Gasteiger partial charge in [0.25, 0.3) is 5.91 Å². The number of furan rings is 1. The number of aryl methyl sites for hydroxylation is 1. The molecule has 1 rings (SSSR count). The molecule has 4 nitrogen and oxygen atoms in total. The van der Waals surface area contributed by atoms with Gasteiger partial charge >= 0.3 is 0 Å². The third-order valence-corrected chi connectivity index (χ3v) is 2.44. The molecular weight excluding hydrogens is 204 g/mol. The lowest BCUT2D eigenvalue weighted by molar-refractivity contribution is 0.0671. The molecular formula is C12H20N2O2. The molecule has 90 valence electrons. The molecule has 0 fully saturated rings. The van der Waals surface area contributed by atoms with Crippen LogP contribution in [0.15, 0.2) is 16.5 Å². The molecule has 0 unspecified atom stereocenters. The van der Waals surface area contributed by atoms with Crippen molar-refractivity contribution in [2.45, 2.75) is 33.2 Å². The van der Waals surface area contributed by atoms with Gasteiger partial charge in [-0.2, -0.15) is 0 Å². The van der Waals surface area contributed by atoms with E-state index in [1.54, 1.807) is 17.0 Å². The van der Waals surface area contributed by atoms with Gasteiger partial charge in [-0.1, -0.05) is 0 Å². The van der Waals surface area contributed by atoms with E-state index in [1.165, 1.54) is 0 Å². The Morgan fingerprint density at radius 1 is 1.50 bits per heavy atom. The molecule has 0 saturated heterocycles. The summed E-state index contributed by atoms with van der Waals surface area (Å²) in [5.74, 6) is 1.10. The Morgan fingerprint density at radius 2 is 2.19 bits per heavy atom. The summed E-state index contributed by atoms with van der Waals surface area (Å²) in [7, 11) is 0. The van der Waals surface area contributed by atoms with Gasteiger partial charge in [0, 0.05) is 12.6 Å². The van der Waals surface area contributed by atoms with E-state index in [9.17, 15) is 4.79 Å². The Hall–Kier alpha value is -1.29. The molecule has 0 atom stereocenters. The van der Waals surface area contributed by atoms with Gasteiger partial charge in [0.1, 0.15) is 5.76 Å². The molecule has 1 heterocycles. The number of carbonyl (C=O) groups is 1. The largest absolute Gasteiger partial charge is 0.456 e. The fourth-order valence-electron chi connectivity index (χ4n) is 1.55. The highest BCUT2D eigenvalue weighted by Gasteiger charge is 2.20. The first-order chi connectivity index (χ1) is 7.56. The molecule has 0 aliphatic rings. The van der Waals surface area contributed by atoms with E-state index in [0.717, 1.165) is 12.2 Å². The molecule has 0 bridgehead atoms. The maximum atomic E-state index is 12.1. The molecule has 1 aromatic rings. The van der Waals surface area contributed by atoms with Gasteiger partial charge in [-0.25, -0.2) is 0 Å². The number of nitrogens with zero attached hydrogens (tertiary/aromatic N) is 1. The van der Waals surface area contributed by atoms with Crippen LogP contribution in [0.4, 0.5) is 0 Å². The highest BCUT2D eigenvalue weighted by atomic mass is 16.3. The number of hydrogen-bond donors (Lipinski definition) is 1. The van der Waals surface area contributed by atoms with Crippen LogP contribution in [0, 0.1) is 6.92 Å². The van der Waals surface area contributed by atoms with Gasteiger partial charge < -0.3 is 15.1 Å². The molecule has 0 radical (unpaired) electrons. The normalized spacial score (nSPS) is 10.8. The van der Waals surface area contributed by atoms with Gasteiger partial charge in [-0.3, -0.25) is 4.79 Å². The Balaban J connectivity index is 2.74. The van der Waals surface area contributed by atoms with Crippen molar-refractivity contribution in [3.8, 4) is 0 Å². The zero-order valence-corrected chi connectivity index (χ0v) is 10.2. The van der Waals surface area contributed by atoms with Crippen molar-refractivity contribution in [3.05, 3.63) is 23.7 Å². The minimum absolute atomic E-state index is 0.0587. The molecule has 16 heavy (non-hydrogen) atoms. The van der Waals surface area contributed by atoms with Crippen molar-refractivity contribution in [1.29, 1.82) is 0 Å². The van der Waals surface area contributed by atoms with Crippen LogP contribution in [-0.4, -0.2) is 29.9 Å². The SMILES string of the molecule is Cc1ccc(C(=O)N(CCCN)C(C)C)o1. The van der Waals surface area contributed by atoms with E-state index in [-0.39, 0.29) is 11.9 Å². The highest BCUT2D eigenvalue weighted by molar-refractivity contribution is 5.91. The molecule has 0 saturated carbocycles. The van der Waals surface area contributed by atoms with E-state index < -0.39 is 0 Å². The Bertz CT molecular complexity index is 345. The van der Waals surface area contributed by atoms with Crippen LogP contribution >= 0.6 is 0 Å². The topological polar surface area (TPSA) is 59.5 Å². The average Bonchev–Trinajstić information content (AvgIpc) is 2.64. The van der Waals surface area contributed by atoms with Gasteiger partial charge in [0.2, 0.25) is 0 Å². The minimum Gasteiger partial charge on any atom is -0.456 e. The molecule has 4 heteroatoms. The van der Waals surface area contributed by atoms with Crippen LogP contribution in [0.5, 0.6) is 0 Å². The lowest BCUT2D eigenvalue weighted by Crippen LogP contribution is -2.38.